The molecule has 1 atom stereocenters. The number of aromatic nitrogens is 2. The van der Waals surface area contributed by atoms with Crippen molar-refractivity contribution >= 4 is 11.9 Å². The lowest BCUT2D eigenvalue weighted by atomic mass is 9.78. The van der Waals surface area contributed by atoms with Gasteiger partial charge in [0.1, 0.15) is 0 Å². The highest BCUT2D eigenvalue weighted by Gasteiger charge is 2.49. The zero-order valence-electron chi connectivity index (χ0n) is 14.6. The third kappa shape index (κ3) is 2.90. The highest BCUT2D eigenvalue weighted by molar-refractivity contribution is 5.85. The van der Waals surface area contributed by atoms with Crippen molar-refractivity contribution in [1.29, 1.82) is 0 Å². The van der Waals surface area contributed by atoms with E-state index in [4.69, 9.17) is 4.52 Å². The molecule has 1 aromatic carbocycles. The van der Waals surface area contributed by atoms with Crippen LogP contribution in [0.2, 0.25) is 0 Å². The van der Waals surface area contributed by atoms with Gasteiger partial charge in [-0.1, -0.05) is 42.4 Å². The van der Waals surface area contributed by atoms with E-state index in [0.29, 0.717) is 24.3 Å². The number of rotatable bonds is 4. The molecule has 1 amide bonds. The Bertz CT molecular complexity index is 743. The zero-order valence-corrected chi connectivity index (χ0v) is 14.6. The van der Waals surface area contributed by atoms with Gasteiger partial charge in [-0.2, -0.15) is 4.98 Å². The van der Waals surface area contributed by atoms with E-state index in [1.807, 2.05) is 35.2 Å². The van der Waals surface area contributed by atoms with E-state index >= 15 is 0 Å². The van der Waals surface area contributed by atoms with Crippen molar-refractivity contribution in [2.45, 2.75) is 32.6 Å². The number of likely N-dealkylation sites (tertiary alicyclic amines) is 1. The number of amides is 1. The molecule has 0 bridgehead atoms. The molecule has 1 spiro atoms. The molecular weight excluding hydrogens is 316 g/mol. The third-order valence-corrected chi connectivity index (χ3v) is 5.39. The Balaban J connectivity index is 1.51. The largest absolute Gasteiger partial charge is 0.342 e. The molecule has 25 heavy (non-hydrogen) atoms. The van der Waals surface area contributed by atoms with E-state index in [9.17, 15) is 4.79 Å². The molecular formula is C19H24N4O2. The lowest BCUT2D eigenvalue weighted by molar-refractivity contribution is -0.145. The second kappa shape index (κ2) is 6.50. The number of anilines is 1. The van der Waals surface area contributed by atoms with E-state index in [-0.39, 0.29) is 5.41 Å². The van der Waals surface area contributed by atoms with Crippen molar-refractivity contribution in [2.75, 3.05) is 31.1 Å². The number of hydrogen-bond donors (Lipinski definition) is 0. The third-order valence-electron chi connectivity index (χ3n) is 5.39. The molecule has 4 rings (SSSR count). The number of benzene rings is 1. The Hall–Kier alpha value is -2.37. The second-order valence-electron chi connectivity index (χ2n) is 7.11. The molecule has 0 aliphatic carbocycles. The summed E-state index contributed by atoms with van der Waals surface area (Å²) in [5.41, 5.74) is 0.670. The molecule has 0 radical (unpaired) electrons. The van der Waals surface area contributed by atoms with Gasteiger partial charge in [0.05, 0.1) is 5.41 Å². The smallest absolute Gasteiger partial charge is 0.324 e. The summed E-state index contributed by atoms with van der Waals surface area (Å²) >= 11 is 0. The SMILES string of the molecule is CCCN1CCC[C@]2(CCN(c3nc(-c4ccccc4)no3)C2)C1=O. The van der Waals surface area contributed by atoms with Gasteiger partial charge in [0.2, 0.25) is 11.7 Å². The first-order valence-electron chi connectivity index (χ1n) is 9.15. The lowest BCUT2D eigenvalue weighted by Gasteiger charge is -2.39. The predicted molar refractivity (Wildman–Crippen MR) is 95.1 cm³/mol. The van der Waals surface area contributed by atoms with Gasteiger partial charge >= 0.3 is 6.01 Å². The minimum atomic E-state index is -0.269. The van der Waals surface area contributed by atoms with Crippen molar-refractivity contribution in [2.24, 2.45) is 5.41 Å². The van der Waals surface area contributed by atoms with Crippen LogP contribution in [-0.2, 0) is 4.79 Å². The van der Waals surface area contributed by atoms with Crippen LogP contribution < -0.4 is 4.90 Å². The van der Waals surface area contributed by atoms with Gasteiger partial charge in [-0.3, -0.25) is 4.79 Å². The maximum atomic E-state index is 13.0. The lowest BCUT2D eigenvalue weighted by Crippen LogP contribution is -2.50. The quantitative estimate of drug-likeness (QED) is 0.856. The Morgan fingerprint density at radius 1 is 1.20 bits per heavy atom. The van der Waals surface area contributed by atoms with Crippen LogP contribution >= 0.6 is 0 Å². The number of carbonyl (C=O) groups excluding carboxylic acids is 1. The second-order valence-corrected chi connectivity index (χ2v) is 7.11. The average molecular weight is 340 g/mol. The van der Waals surface area contributed by atoms with E-state index in [1.54, 1.807) is 0 Å². The van der Waals surface area contributed by atoms with Crippen LogP contribution in [0.5, 0.6) is 0 Å². The summed E-state index contributed by atoms with van der Waals surface area (Å²) in [7, 11) is 0. The van der Waals surface area contributed by atoms with Crippen LogP contribution in [0.15, 0.2) is 34.9 Å². The molecule has 2 saturated heterocycles. The molecule has 0 unspecified atom stereocenters. The maximum absolute atomic E-state index is 13.0. The van der Waals surface area contributed by atoms with E-state index < -0.39 is 0 Å². The first kappa shape index (κ1) is 16.1. The molecule has 6 nitrogen and oxygen atoms in total. The maximum Gasteiger partial charge on any atom is 0.324 e. The molecule has 6 heteroatoms. The number of piperidine rings is 1. The molecule has 0 N–H and O–H groups in total. The number of carbonyl (C=O) groups is 1. The summed E-state index contributed by atoms with van der Waals surface area (Å²) < 4.78 is 5.49. The molecule has 2 aliphatic rings. The van der Waals surface area contributed by atoms with Gasteiger partial charge in [-0.25, -0.2) is 0 Å². The van der Waals surface area contributed by atoms with Gasteiger partial charge in [0.15, 0.2) is 0 Å². The molecule has 2 aromatic rings. The van der Waals surface area contributed by atoms with Gasteiger partial charge in [-0.15, -0.1) is 0 Å². The summed E-state index contributed by atoms with van der Waals surface area (Å²) in [6.07, 6.45) is 3.92. The molecule has 132 valence electrons. The van der Waals surface area contributed by atoms with Gasteiger partial charge in [-0.05, 0) is 25.7 Å². The van der Waals surface area contributed by atoms with E-state index in [0.717, 1.165) is 50.9 Å². The van der Waals surface area contributed by atoms with Crippen molar-refractivity contribution in [3.8, 4) is 11.4 Å². The Kier molecular flexibility index (Phi) is 4.19. The monoisotopic (exact) mass is 340 g/mol. The van der Waals surface area contributed by atoms with Gasteiger partial charge < -0.3 is 14.3 Å². The fourth-order valence-corrected chi connectivity index (χ4v) is 4.10. The van der Waals surface area contributed by atoms with E-state index in [1.165, 1.54) is 0 Å². The predicted octanol–water partition coefficient (Wildman–Crippen LogP) is 2.97. The van der Waals surface area contributed by atoms with Crippen LogP contribution in [0.25, 0.3) is 11.4 Å². The molecule has 1 aromatic heterocycles. The summed E-state index contributed by atoms with van der Waals surface area (Å²) in [4.78, 5) is 21.6. The van der Waals surface area contributed by atoms with Gasteiger partial charge in [0.25, 0.3) is 0 Å². The van der Waals surface area contributed by atoms with Crippen molar-refractivity contribution in [3.63, 3.8) is 0 Å². The minimum absolute atomic E-state index is 0.269. The summed E-state index contributed by atoms with van der Waals surface area (Å²) in [6.45, 7) is 5.36. The molecule has 2 aliphatic heterocycles. The van der Waals surface area contributed by atoms with Crippen molar-refractivity contribution in [3.05, 3.63) is 30.3 Å². The standard InChI is InChI=1S/C19H24N4O2/c1-2-11-22-12-6-9-19(17(22)24)10-13-23(14-19)18-20-16(21-25-18)15-7-4-3-5-8-15/h3-5,7-8H,2,6,9-14H2,1H3/t19-/m1/s1. The summed E-state index contributed by atoms with van der Waals surface area (Å²) in [5.74, 6) is 0.907. The topological polar surface area (TPSA) is 62.5 Å². The Labute approximate surface area is 147 Å². The van der Waals surface area contributed by atoms with Gasteiger partial charge in [0, 0.05) is 31.7 Å². The van der Waals surface area contributed by atoms with Crippen LogP contribution in [-0.4, -0.2) is 47.1 Å². The van der Waals surface area contributed by atoms with Crippen molar-refractivity contribution in [1.82, 2.24) is 15.0 Å². The Morgan fingerprint density at radius 2 is 2.04 bits per heavy atom. The highest BCUT2D eigenvalue weighted by Crippen LogP contribution is 2.41. The molecule has 2 fully saturated rings. The first-order chi connectivity index (χ1) is 12.2. The van der Waals surface area contributed by atoms with Crippen LogP contribution in [0.1, 0.15) is 32.6 Å². The van der Waals surface area contributed by atoms with E-state index in [2.05, 4.69) is 22.0 Å². The van der Waals surface area contributed by atoms with Crippen LogP contribution in [0, 0.1) is 5.41 Å². The highest BCUT2D eigenvalue weighted by atomic mass is 16.5. The molecule has 0 saturated carbocycles. The normalized spacial score (nSPS) is 23.6. The summed E-state index contributed by atoms with van der Waals surface area (Å²) in [6, 6.07) is 10.3. The summed E-state index contributed by atoms with van der Waals surface area (Å²) in [5, 5.41) is 4.10. The number of nitrogens with zero attached hydrogens (tertiary/aromatic N) is 4. The first-order valence-corrected chi connectivity index (χ1v) is 9.15. The van der Waals surface area contributed by atoms with Crippen LogP contribution in [0.4, 0.5) is 6.01 Å². The Morgan fingerprint density at radius 3 is 2.84 bits per heavy atom. The van der Waals surface area contributed by atoms with Crippen LogP contribution in [0.3, 0.4) is 0 Å². The molecule has 3 heterocycles. The fourth-order valence-electron chi connectivity index (χ4n) is 4.10. The zero-order chi connectivity index (χ0) is 17.3. The van der Waals surface area contributed by atoms with Crippen molar-refractivity contribution < 1.29 is 9.32 Å². The fraction of sp³-hybridized carbons (Fsp3) is 0.526. The minimum Gasteiger partial charge on any atom is -0.342 e. The average Bonchev–Trinajstić information content (AvgIpc) is 3.28. The number of hydrogen-bond acceptors (Lipinski definition) is 5.